The fourth-order valence-corrected chi connectivity index (χ4v) is 4.43. The summed E-state index contributed by atoms with van der Waals surface area (Å²) in [6.45, 7) is 4.02. The summed E-state index contributed by atoms with van der Waals surface area (Å²) < 4.78 is 12.3. The number of ether oxygens (including phenoxy) is 2. The van der Waals surface area contributed by atoms with E-state index in [1.165, 1.54) is 18.7 Å². The largest absolute Gasteiger partial charge is 0.489 e. The number of benzene rings is 3. The van der Waals surface area contributed by atoms with E-state index in [2.05, 4.69) is 15.2 Å². The number of fused-ring (bicyclic) bond motifs is 3. The van der Waals surface area contributed by atoms with Crippen LogP contribution in [0.3, 0.4) is 0 Å². The molecule has 0 spiro atoms. The average molecular weight is 485 g/mol. The van der Waals surface area contributed by atoms with E-state index in [9.17, 15) is 4.79 Å². The normalized spacial score (nSPS) is 14.3. The zero-order valence-corrected chi connectivity index (χ0v) is 20.2. The Morgan fingerprint density at radius 2 is 1.74 bits per heavy atom. The van der Waals surface area contributed by atoms with Crippen molar-refractivity contribution in [2.24, 2.45) is 0 Å². The Morgan fingerprint density at radius 3 is 2.49 bits per heavy atom. The van der Waals surface area contributed by atoms with Crippen molar-refractivity contribution >= 4 is 23.4 Å². The number of para-hydroxylation sites is 1. The number of aromatic nitrogens is 3. The molecule has 0 saturated heterocycles. The van der Waals surface area contributed by atoms with Crippen molar-refractivity contribution in [3.8, 4) is 22.9 Å². The van der Waals surface area contributed by atoms with Crippen LogP contribution in [0.15, 0.2) is 84.0 Å². The Kier molecular flexibility index (Phi) is 6.63. The number of rotatable bonds is 6. The second kappa shape index (κ2) is 10.1. The predicted molar refractivity (Wildman–Crippen MR) is 135 cm³/mol. The van der Waals surface area contributed by atoms with E-state index in [1.54, 1.807) is 4.90 Å². The lowest BCUT2D eigenvalue weighted by Gasteiger charge is -2.30. The Hall–Kier alpha value is -3.91. The number of thioether (sulfide) groups is 1. The molecule has 35 heavy (non-hydrogen) atoms. The smallest absolute Gasteiger partial charge is 0.247 e. The quantitative estimate of drug-likeness (QED) is 0.326. The minimum Gasteiger partial charge on any atom is -0.489 e. The summed E-state index contributed by atoms with van der Waals surface area (Å²) in [7, 11) is 0. The Morgan fingerprint density at radius 1 is 1.00 bits per heavy atom. The molecule has 1 aliphatic rings. The number of amides is 1. The Bertz CT molecular complexity index is 1330. The van der Waals surface area contributed by atoms with E-state index in [-0.39, 0.29) is 5.91 Å². The lowest BCUT2D eigenvalue weighted by Crippen LogP contribution is -2.36. The van der Waals surface area contributed by atoms with Gasteiger partial charge in [0.25, 0.3) is 0 Å². The minimum atomic E-state index is -0.728. The lowest BCUT2D eigenvalue weighted by molar-refractivity contribution is -0.118. The van der Waals surface area contributed by atoms with E-state index >= 15 is 0 Å². The van der Waals surface area contributed by atoms with Gasteiger partial charge in [0, 0.05) is 18.1 Å². The highest BCUT2D eigenvalue weighted by Crippen LogP contribution is 2.43. The number of nitrogens with zero attached hydrogens (tertiary/aromatic N) is 4. The molecule has 1 aliphatic heterocycles. The van der Waals surface area contributed by atoms with Crippen molar-refractivity contribution < 1.29 is 14.3 Å². The molecular weight excluding hydrogens is 460 g/mol. The van der Waals surface area contributed by atoms with Gasteiger partial charge < -0.3 is 9.47 Å². The molecule has 176 valence electrons. The van der Waals surface area contributed by atoms with Gasteiger partial charge in [0.1, 0.15) is 12.4 Å². The summed E-state index contributed by atoms with van der Waals surface area (Å²) in [5.74, 6) is 1.73. The van der Waals surface area contributed by atoms with Crippen molar-refractivity contribution in [1.82, 2.24) is 15.2 Å². The Balaban J connectivity index is 1.51. The molecule has 0 bridgehead atoms. The molecular formula is C27H24N4O3S. The molecule has 0 fully saturated rings. The summed E-state index contributed by atoms with van der Waals surface area (Å²) in [4.78, 5) is 19.2. The molecule has 0 saturated carbocycles. The van der Waals surface area contributed by atoms with Crippen molar-refractivity contribution in [1.29, 1.82) is 0 Å². The zero-order valence-electron chi connectivity index (χ0n) is 19.4. The first-order chi connectivity index (χ1) is 17.1. The van der Waals surface area contributed by atoms with E-state index in [0.29, 0.717) is 29.0 Å². The molecule has 0 radical (unpaired) electrons. The number of carbonyl (C=O) groups is 1. The summed E-state index contributed by atoms with van der Waals surface area (Å²) in [5, 5.41) is 9.19. The molecule has 1 amide bonds. The SMILES string of the molecule is CCSc1nnc2c(n1)O[C@@H](c1ccc(OCc3ccccc3)cc1)N(C(C)=O)c1ccccc1-2. The molecule has 7 nitrogen and oxygen atoms in total. The second-order valence-corrected chi connectivity index (χ2v) is 9.13. The van der Waals surface area contributed by atoms with Gasteiger partial charge in [-0.05, 0) is 41.6 Å². The van der Waals surface area contributed by atoms with Gasteiger partial charge in [-0.3, -0.25) is 9.69 Å². The number of anilines is 1. The van der Waals surface area contributed by atoms with Crippen LogP contribution in [0.1, 0.15) is 31.2 Å². The number of carbonyl (C=O) groups excluding carboxylic acids is 1. The van der Waals surface area contributed by atoms with Gasteiger partial charge in [-0.15, -0.1) is 10.2 Å². The summed E-state index contributed by atoms with van der Waals surface area (Å²) >= 11 is 1.48. The third-order valence-corrected chi connectivity index (χ3v) is 6.26. The van der Waals surface area contributed by atoms with Crippen LogP contribution in [0.25, 0.3) is 11.3 Å². The second-order valence-electron chi connectivity index (χ2n) is 7.90. The van der Waals surface area contributed by atoms with Crippen LogP contribution in [-0.2, 0) is 11.4 Å². The maximum atomic E-state index is 12.9. The molecule has 4 aromatic rings. The molecule has 1 aromatic heterocycles. The van der Waals surface area contributed by atoms with Crippen molar-refractivity contribution in [2.45, 2.75) is 31.8 Å². The fraction of sp³-hybridized carbons (Fsp3) is 0.185. The minimum absolute atomic E-state index is 0.157. The van der Waals surface area contributed by atoms with E-state index in [1.807, 2.05) is 85.8 Å². The van der Waals surface area contributed by atoms with Crippen LogP contribution in [-0.4, -0.2) is 26.8 Å². The van der Waals surface area contributed by atoms with E-state index in [4.69, 9.17) is 9.47 Å². The number of hydrogen-bond donors (Lipinski definition) is 0. The number of hydrogen-bond acceptors (Lipinski definition) is 7. The molecule has 3 aromatic carbocycles. The Labute approximate surface area is 208 Å². The molecule has 1 atom stereocenters. The van der Waals surface area contributed by atoms with Crippen molar-refractivity contribution in [2.75, 3.05) is 10.7 Å². The molecule has 5 rings (SSSR count). The van der Waals surface area contributed by atoms with Crippen LogP contribution in [0.2, 0.25) is 0 Å². The summed E-state index contributed by atoms with van der Waals surface area (Å²) in [6, 6.07) is 25.2. The summed E-state index contributed by atoms with van der Waals surface area (Å²) in [6.07, 6.45) is -0.728. The van der Waals surface area contributed by atoms with E-state index in [0.717, 1.165) is 28.2 Å². The van der Waals surface area contributed by atoms with Gasteiger partial charge in [0.05, 0.1) is 5.69 Å². The van der Waals surface area contributed by atoms with Gasteiger partial charge >= 0.3 is 0 Å². The van der Waals surface area contributed by atoms with Gasteiger partial charge in [-0.2, -0.15) is 4.98 Å². The molecule has 0 N–H and O–H groups in total. The first kappa shape index (κ1) is 22.9. The highest BCUT2D eigenvalue weighted by Gasteiger charge is 2.34. The third kappa shape index (κ3) is 4.83. The van der Waals surface area contributed by atoms with Crippen molar-refractivity contribution in [3.05, 3.63) is 90.0 Å². The molecule has 2 heterocycles. The topological polar surface area (TPSA) is 77.4 Å². The van der Waals surface area contributed by atoms with Crippen LogP contribution in [0.4, 0.5) is 5.69 Å². The maximum absolute atomic E-state index is 12.9. The highest BCUT2D eigenvalue weighted by molar-refractivity contribution is 7.99. The van der Waals surface area contributed by atoms with Crippen LogP contribution >= 0.6 is 11.8 Å². The highest BCUT2D eigenvalue weighted by atomic mass is 32.2. The first-order valence-corrected chi connectivity index (χ1v) is 12.3. The molecule has 8 heteroatoms. The lowest BCUT2D eigenvalue weighted by atomic mass is 10.1. The zero-order chi connectivity index (χ0) is 24.2. The van der Waals surface area contributed by atoms with Gasteiger partial charge in [-0.1, -0.05) is 67.2 Å². The van der Waals surface area contributed by atoms with Crippen LogP contribution in [0.5, 0.6) is 11.6 Å². The maximum Gasteiger partial charge on any atom is 0.247 e. The summed E-state index contributed by atoms with van der Waals surface area (Å²) in [5.41, 5.74) is 3.83. The first-order valence-electron chi connectivity index (χ1n) is 11.3. The fourth-order valence-electron chi connectivity index (χ4n) is 3.93. The van der Waals surface area contributed by atoms with Crippen molar-refractivity contribution in [3.63, 3.8) is 0 Å². The average Bonchev–Trinajstić information content (AvgIpc) is 3.03. The predicted octanol–water partition coefficient (Wildman–Crippen LogP) is 5.67. The monoisotopic (exact) mass is 484 g/mol. The van der Waals surface area contributed by atoms with Crippen LogP contribution < -0.4 is 14.4 Å². The van der Waals surface area contributed by atoms with Gasteiger partial charge in [-0.25, -0.2) is 0 Å². The molecule has 0 aliphatic carbocycles. The standard InChI is InChI=1S/C27H24N4O3S/c1-3-35-27-28-25-24(29-30-27)22-11-7-8-12-23(22)31(18(2)32)26(34-25)20-13-15-21(16-14-20)33-17-19-9-5-4-6-10-19/h4-16,26H,3,17H2,1-2H3/t26-/m0/s1. The molecule has 0 unspecified atom stereocenters. The van der Waals surface area contributed by atoms with Crippen LogP contribution in [0, 0.1) is 0 Å². The van der Waals surface area contributed by atoms with E-state index < -0.39 is 6.23 Å². The van der Waals surface area contributed by atoms with Gasteiger partial charge in [0.15, 0.2) is 5.69 Å². The third-order valence-electron chi connectivity index (χ3n) is 5.54. The van der Waals surface area contributed by atoms with Gasteiger partial charge in [0.2, 0.25) is 23.2 Å².